The average molecular weight is 359 g/mol. The number of carboxylic acids is 1. The van der Waals surface area contributed by atoms with Crippen molar-refractivity contribution >= 4 is 11.9 Å². The highest BCUT2D eigenvalue weighted by atomic mass is 19.1. The first-order valence-electron chi connectivity index (χ1n) is 8.35. The van der Waals surface area contributed by atoms with E-state index in [1.165, 1.54) is 19.2 Å². The van der Waals surface area contributed by atoms with Crippen LogP contribution in [0.5, 0.6) is 5.75 Å². The van der Waals surface area contributed by atoms with Crippen molar-refractivity contribution in [2.75, 3.05) is 13.7 Å². The van der Waals surface area contributed by atoms with Gasteiger partial charge >= 0.3 is 5.97 Å². The summed E-state index contributed by atoms with van der Waals surface area (Å²) < 4.78 is 18.5. The number of hydrogen-bond acceptors (Lipinski definition) is 3. The topological polar surface area (TPSA) is 75.6 Å². The summed E-state index contributed by atoms with van der Waals surface area (Å²) in [5.74, 6) is -2.23. The number of aliphatic carboxylic acids is 1. The van der Waals surface area contributed by atoms with Gasteiger partial charge in [-0.2, -0.15) is 0 Å². The standard InChI is InChI=1S/C20H22FNO4/c1-26-18-9-7-15(12-17(18)21)8-10-19(23)22-13-16(20(24)25)11-14-5-3-2-4-6-14/h2-7,9,12,16H,8,10-11,13H2,1H3,(H,22,23)(H,24,25). The molecule has 0 radical (unpaired) electrons. The molecule has 0 aliphatic carbocycles. The second kappa shape index (κ2) is 9.56. The number of benzene rings is 2. The number of methoxy groups -OCH3 is 1. The molecule has 0 heterocycles. The van der Waals surface area contributed by atoms with Gasteiger partial charge in [0.2, 0.25) is 5.91 Å². The monoisotopic (exact) mass is 359 g/mol. The molecule has 0 bridgehead atoms. The Morgan fingerprint density at radius 3 is 2.50 bits per heavy atom. The van der Waals surface area contributed by atoms with E-state index >= 15 is 0 Å². The smallest absolute Gasteiger partial charge is 0.308 e. The Morgan fingerprint density at radius 2 is 1.88 bits per heavy atom. The van der Waals surface area contributed by atoms with Crippen LogP contribution in [0.2, 0.25) is 0 Å². The lowest BCUT2D eigenvalue weighted by Gasteiger charge is -2.13. The van der Waals surface area contributed by atoms with Gasteiger partial charge in [-0.25, -0.2) is 4.39 Å². The average Bonchev–Trinajstić information content (AvgIpc) is 2.64. The van der Waals surface area contributed by atoms with E-state index in [0.29, 0.717) is 18.4 Å². The van der Waals surface area contributed by atoms with Gasteiger partial charge in [-0.05, 0) is 36.1 Å². The lowest BCUT2D eigenvalue weighted by atomic mass is 9.99. The Hall–Kier alpha value is -2.89. The molecule has 0 saturated carbocycles. The molecule has 2 rings (SSSR count). The highest BCUT2D eigenvalue weighted by molar-refractivity contribution is 5.77. The highest BCUT2D eigenvalue weighted by Gasteiger charge is 2.19. The molecule has 0 aliphatic rings. The lowest BCUT2D eigenvalue weighted by molar-refractivity contribution is -0.141. The molecular weight excluding hydrogens is 337 g/mol. The largest absolute Gasteiger partial charge is 0.494 e. The van der Waals surface area contributed by atoms with Gasteiger partial charge in [0.25, 0.3) is 0 Å². The third-order valence-corrected chi connectivity index (χ3v) is 4.08. The number of aryl methyl sites for hydroxylation is 1. The number of carbonyl (C=O) groups is 2. The predicted molar refractivity (Wildman–Crippen MR) is 95.6 cm³/mol. The summed E-state index contributed by atoms with van der Waals surface area (Å²) in [5.41, 5.74) is 1.58. The van der Waals surface area contributed by atoms with Crippen LogP contribution in [0, 0.1) is 11.7 Å². The van der Waals surface area contributed by atoms with E-state index in [1.54, 1.807) is 6.07 Å². The van der Waals surface area contributed by atoms with Crippen LogP contribution >= 0.6 is 0 Å². The van der Waals surface area contributed by atoms with Crippen LogP contribution in [0.4, 0.5) is 4.39 Å². The molecule has 2 aromatic rings. The Balaban J connectivity index is 1.82. The summed E-state index contributed by atoms with van der Waals surface area (Å²) in [7, 11) is 1.39. The summed E-state index contributed by atoms with van der Waals surface area (Å²) in [6, 6.07) is 13.8. The molecule has 2 aromatic carbocycles. The molecular formula is C20H22FNO4. The van der Waals surface area contributed by atoms with E-state index < -0.39 is 17.7 Å². The normalized spacial score (nSPS) is 11.6. The van der Waals surface area contributed by atoms with E-state index in [1.807, 2.05) is 30.3 Å². The molecule has 0 aliphatic heterocycles. The molecule has 5 nitrogen and oxygen atoms in total. The lowest BCUT2D eigenvalue weighted by Crippen LogP contribution is -2.34. The molecule has 0 spiro atoms. The summed E-state index contributed by atoms with van der Waals surface area (Å²) in [6.07, 6.45) is 0.868. The maximum absolute atomic E-state index is 13.6. The number of hydrogen-bond donors (Lipinski definition) is 2. The number of nitrogens with one attached hydrogen (secondary N) is 1. The predicted octanol–water partition coefficient (Wildman–Crippen LogP) is 2.83. The van der Waals surface area contributed by atoms with E-state index in [9.17, 15) is 19.1 Å². The van der Waals surface area contributed by atoms with Crippen molar-refractivity contribution in [3.63, 3.8) is 0 Å². The van der Waals surface area contributed by atoms with Gasteiger partial charge in [0, 0.05) is 13.0 Å². The maximum atomic E-state index is 13.6. The number of halogens is 1. The first-order chi connectivity index (χ1) is 12.5. The van der Waals surface area contributed by atoms with Crippen molar-refractivity contribution in [1.29, 1.82) is 0 Å². The fourth-order valence-electron chi connectivity index (χ4n) is 2.59. The molecule has 1 atom stereocenters. The van der Waals surface area contributed by atoms with E-state index in [-0.39, 0.29) is 24.6 Å². The van der Waals surface area contributed by atoms with Crippen LogP contribution in [-0.2, 0) is 22.4 Å². The van der Waals surface area contributed by atoms with Gasteiger partial charge in [0.1, 0.15) is 0 Å². The Labute approximate surface area is 151 Å². The Bertz CT molecular complexity index is 749. The number of carbonyl (C=O) groups excluding carboxylic acids is 1. The number of amides is 1. The molecule has 2 N–H and O–H groups in total. The van der Waals surface area contributed by atoms with Crippen LogP contribution in [0.1, 0.15) is 17.5 Å². The van der Waals surface area contributed by atoms with E-state index in [2.05, 4.69) is 5.32 Å². The quantitative estimate of drug-likeness (QED) is 0.722. The summed E-state index contributed by atoms with van der Waals surface area (Å²) in [6.45, 7) is 0.0556. The minimum Gasteiger partial charge on any atom is -0.494 e. The minimum absolute atomic E-state index is 0.0556. The zero-order valence-corrected chi connectivity index (χ0v) is 14.6. The fourth-order valence-corrected chi connectivity index (χ4v) is 2.59. The number of carboxylic acid groups (broad SMARTS) is 1. The molecule has 26 heavy (non-hydrogen) atoms. The van der Waals surface area contributed by atoms with Crippen molar-refractivity contribution in [3.05, 3.63) is 65.5 Å². The SMILES string of the molecule is COc1ccc(CCC(=O)NCC(Cc2ccccc2)C(=O)O)cc1F. The van der Waals surface area contributed by atoms with Crippen LogP contribution in [-0.4, -0.2) is 30.6 Å². The second-order valence-electron chi connectivity index (χ2n) is 6.00. The molecule has 1 amide bonds. The van der Waals surface area contributed by atoms with E-state index in [4.69, 9.17) is 4.74 Å². The van der Waals surface area contributed by atoms with Gasteiger partial charge in [0.15, 0.2) is 11.6 Å². The van der Waals surface area contributed by atoms with E-state index in [0.717, 1.165) is 5.56 Å². The molecule has 0 aromatic heterocycles. The molecule has 0 saturated heterocycles. The van der Waals surface area contributed by atoms with Gasteiger partial charge in [0.05, 0.1) is 13.0 Å². The van der Waals surface area contributed by atoms with Crippen LogP contribution in [0.25, 0.3) is 0 Å². The fraction of sp³-hybridized carbons (Fsp3) is 0.300. The third kappa shape index (κ3) is 5.88. The minimum atomic E-state index is -0.952. The number of rotatable bonds is 9. The summed E-state index contributed by atoms with van der Waals surface area (Å²) >= 11 is 0. The molecule has 1 unspecified atom stereocenters. The van der Waals surface area contributed by atoms with Crippen molar-refractivity contribution < 1.29 is 23.8 Å². The Kier molecular flexibility index (Phi) is 7.14. The van der Waals surface area contributed by atoms with Gasteiger partial charge in [-0.3, -0.25) is 9.59 Å². The third-order valence-electron chi connectivity index (χ3n) is 4.08. The van der Waals surface area contributed by atoms with Crippen LogP contribution in [0.15, 0.2) is 48.5 Å². The zero-order valence-electron chi connectivity index (χ0n) is 14.6. The molecule has 138 valence electrons. The molecule has 6 heteroatoms. The summed E-state index contributed by atoms with van der Waals surface area (Å²) in [4.78, 5) is 23.4. The Morgan fingerprint density at radius 1 is 1.15 bits per heavy atom. The first-order valence-corrected chi connectivity index (χ1v) is 8.35. The number of ether oxygens (including phenoxy) is 1. The van der Waals surface area contributed by atoms with Crippen molar-refractivity contribution in [2.24, 2.45) is 5.92 Å². The molecule has 0 fully saturated rings. The van der Waals surface area contributed by atoms with Crippen LogP contribution < -0.4 is 10.1 Å². The first kappa shape index (κ1) is 19.4. The van der Waals surface area contributed by atoms with Gasteiger partial charge in [-0.1, -0.05) is 36.4 Å². The summed E-state index contributed by atoms with van der Waals surface area (Å²) in [5, 5.41) is 12.0. The highest BCUT2D eigenvalue weighted by Crippen LogP contribution is 2.18. The van der Waals surface area contributed by atoms with Crippen molar-refractivity contribution in [3.8, 4) is 5.75 Å². The van der Waals surface area contributed by atoms with Crippen molar-refractivity contribution in [1.82, 2.24) is 5.32 Å². The zero-order chi connectivity index (χ0) is 18.9. The second-order valence-corrected chi connectivity index (χ2v) is 6.00. The van der Waals surface area contributed by atoms with Crippen molar-refractivity contribution in [2.45, 2.75) is 19.3 Å². The van der Waals surface area contributed by atoms with Crippen LogP contribution in [0.3, 0.4) is 0 Å². The maximum Gasteiger partial charge on any atom is 0.308 e. The van der Waals surface area contributed by atoms with Gasteiger partial charge < -0.3 is 15.2 Å². The van der Waals surface area contributed by atoms with Gasteiger partial charge in [-0.15, -0.1) is 0 Å².